The van der Waals surface area contributed by atoms with Crippen LogP contribution >= 0.6 is 11.3 Å². The molecule has 2 rings (SSSR count). The molecule has 4 heteroatoms. The molecule has 0 bridgehead atoms. The summed E-state index contributed by atoms with van der Waals surface area (Å²) >= 11 is 1.68. The highest BCUT2D eigenvalue weighted by atomic mass is 32.2. The summed E-state index contributed by atoms with van der Waals surface area (Å²) in [7, 11) is 0.837. The van der Waals surface area contributed by atoms with Crippen molar-refractivity contribution in [3.05, 3.63) is 52.2 Å². The molecule has 0 saturated carbocycles. The lowest BCUT2D eigenvalue weighted by atomic mass is 10.2. The Morgan fingerprint density at radius 2 is 2.00 bits per heavy atom. The first-order valence-electron chi connectivity index (χ1n) is 6.24. The molecule has 0 spiro atoms. The van der Waals surface area contributed by atoms with Crippen molar-refractivity contribution in [1.29, 1.82) is 0 Å². The zero-order valence-corrected chi connectivity index (χ0v) is 12.8. The Hall–Kier alpha value is -1.13. The zero-order valence-electron chi connectivity index (χ0n) is 11.2. The van der Waals surface area contributed by atoms with E-state index in [9.17, 15) is 4.21 Å². The molecule has 102 valence electrons. The van der Waals surface area contributed by atoms with Gasteiger partial charge in [-0.05, 0) is 42.5 Å². The zero-order chi connectivity index (χ0) is 13.7. The van der Waals surface area contributed by atoms with E-state index < -0.39 is 10.8 Å². The van der Waals surface area contributed by atoms with Crippen LogP contribution in [0.15, 0.2) is 41.8 Å². The molecule has 0 saturated heterocycles. The van der Waals surface area contributed by atoms with Crippen LogP contribution in [-0.2, 0) is 17.2 Å². The van der Waals surface area contributed by atoms with E-state index in [1.54, 1.807) is 18.4 Å². The fraction of sp³-hybridized carbons (Fsp3) is 0.333. The van der Waals surface area contributed by atoms with Crippen molar-refractivity contribution in [3.8, 4) is 5.75 Å². The minimum absolute atomic E-state index is 0.123. The van der Waals surface area contributed by atoms with Gasteiger partial charge in [-0.1, -0.05) is 18.2 Å². The molecule has 1 heterocycles. The van der Waals surface area contributed by atoms with E-state index in [1.807, 2.05) is 42.6 Å². The van der Waals surface area contributed by atoms with E-state index in [4.69, 9.17) is 4.74 Å². The first-order chi connectivity index (χ1) is 9.20. The quantitative estimate of drug-likeness (QED) is 0.810. The molecule has 2 unspecified atom stereocenters. The van der Waals surface area contributed by atoms with Crippen molar-refractivity contribution in [2.24, 2.45) is 0 Å². The van der Waals surface area contributed by atoms with Crippen molar-refractivity contribution in [3.63, 3.8) is 0 Å². The lowest BCUT2D eigenvalue weighted by Crippen LogP contribution is -2.07. The second-order valence-electron chi connectivity index (χ2n) is 4.34. The molecular formula is C15H18O2S2. The van der Waals surface area contributed by atoms with Crippen molar-refractivity contribution < 1.29 is 8.95 Å². The van der Waals surface area contributed by atoms with Gasteiger partial charge in [0.05, 0.1) is 12.4 Å². The molecular weight excluding hydrogens is 276 g/mol. The number of ether oxygens (including phenoxy) is 1. The molecule has 2 atom stereocenters. The Morgan fingerprint density at radius 1 is 1.26 bits per heavy atom. The average Bonchev–Trinajstić information content (AvgIpc) is 2.98. The molecule has 0 fully saturated rings. The van der Waals surface area contributed by atoms with Gasteiger partial charge < -0.3 is 4.74 Å². The first kappa shape index (κ1) is 14.3. The van der Waals surface area contributed by atoms with Gasteiger partial charge in [-0.15, -0.1) is 11.3 Å². The summed E-state index contributed by atoms with van der Waals surface area (Å²) in [5.74, 6) is 1.56. The molecule has 0 N–H and O–H groups in total. The maximum atomic E-state index is 12.2. The van der Waals surface area contributed by atoms with E-state index in [0.717, 1.165) is 12.2 Å². The highest BCUT2D eigenvalue weighted by Crippen LogP contribution is 2.24. The number of thiophene rings is 1. The smallest absolute Gasteiger partial charge is 0.118 e. The summed E-state index contributed by atoms with van der Waals surface area (Å²) in [6.07, 6.45) is 0.840. The maximum absolute atomic E-state index is 12.2. The van der Waals surface area contributed by atoms with Crippen molar-refractivity contribution in [1.82, 2.24) is 0 Å². The monoisotopic (exact) mass is 294 g/mol. The lowest BCUT2D eigenvalue weighted by Gasteiger charge is -2.09. The lowest BCUT2D eigenvalue weighted by molar-refractivity contribution is 0.414. The van der Waals surface area contributed by atoms with Gasteiger partial charge in [0, 0.05) is 21.4 Å². The fourth-order valence-electron chi connectivity index (χ4n) is 1.84. The fourth-order valence-corrected chi connectivity index (χ4v) is 4.12. The summed E-state index contributed by atoms with van der Waals surface area (Å²) < 4.78 is 17.4. The van der Waals surface area contributed by atoms with Gasteiger partial charge in [0.2, 0.25) is 0 Å². The SMILES string of the molecule is COc1ccc(CCS(=O)C(C)c2cccs2)cc1. The van der Waals surface area contributed by atoms with Gasteiger partial charge in [0.1, 0.15) is 5.75 Å². The average molecular weight is 294 g/mol. The first-order valence-corrected chi connectivity index (χ1v) is 8.50. The standard InChI is InChI=1S/C15H18O2S2/c1-12(15-4-3-10-18-15)19(16)11-9-13-5-7-14(17-2)8-6-13/h3-8,10,12H,9,11H2,1-2H3. The summed E-state index contributed by atoms with van der Waals surface area (Å²) in [4.78, 5) is 1.20. The number of hydrogen-bond donors (Lipinski definition) is 0. The van der Waals surface area contributed by atoms with Crippen LogP contribution in [0.3, 0.4) is 0 Å². The molecule has 0 aliphatic carbocycles. The highest BCUT2D eigenvalue weighted by Gasteiger charge is 2.14. The second-order valence-corrected chi connectivity index (χ2v) is 7.20. The van der Waals surface area contributed by atoms with Crippen molar-refractivity contribution in [2.75, 3.05) is 12.9 Å². The minimum atomic E-state index is -0.823. The molecule has 2 nitrogen and oxygen atoms in total. The summed E-state index contributed by atoms with van der Waals surface area (Å²) in [6, 6.07) is 12.0. The third-order valence-electron chi connectivity index (χ3n) is 3.09. The van der Waals surface area contributed by atoms with E-state index in [0.29, 0.717) is 5.75 Å². The summed E-state index contributed by atoms with van der Waals surface area (Å²) in [5, 5.41) is 2.16. The molecule has 2 aromatic rings. The third kappa shape index (κ3) is 3.91. The van der Waals surface area contributed by atoms with Crippen LogP contribution in [0, 0.1) is 0 Å². The number of rotatable bonds is 6. The van der Waals surface area contributed by atoms with Crippen molar-refractivity contribution in [2.45, 2.75) is 18.6 Å². The largest absolute Gasteiger partial charge is 0.497 e. The molecule has 1 aromatic heterocycles. The van der Waals surface area contributed by atoms with Crippen LogP contribution in [0.2, 0.25) is 0 Å². The Labute approximate surface area is 120 Å². The van der Waals surface area contributed by atoms with Crippen LogP contribution in [0.1, 0.15) is 22.6 Å². The topological polar surface area (TPSA) is 26.3 Å². The number of methoxy groups -OCH3 is 1. The van der Waals surface area contributed by atoms with E-state index in [2.05, 4.69) is 6.07 Å². The van der Waals surface area contributed by atoms with Crippen LogP contribution in [0.5, 0.6) is 5.75 Å². The van der Waals surface area contributed by atoms with Gasteiger partial charge in [0.25, 0.3) is 0 Å². The molecule has 1 aromatic carbocycles. The minimum Gasteiger partial charge on any atom is -0.497 e. The highest BCUT2D eigenvalue weighted by molar-refractivity contribution is 7.85. The van der Waals surface area contributed by atoms with Crippen molar-refractivity contribution >= 4 is 22.1 Å². The Kier molecular flexibility index (Phi) is 5.16. The third-order valence-corrected chi connectivity index (χ3v) is 5.94. The van der Waals surface area contributed by atoms with E-state index >= 15 is 0 Å². The van der Waals surface area contributed by atoms with Gasteiger partial charge in [-0.25, -0.2) is 0 Å². The Bertz CT molecular complexity index is 518. The van der Waals surface area contributed by atoms with Gasteiger partial charge in [-0.2, -0.15) is 0 Å². The second kappa shape index (κ2) is 6.87. The Balaban J connectivity index is 1.89. The molecule has 0 aliphatic rings. The number of benzene rings is 1. The normalized spacial score (nSPS) is 14.0. The van der Waals surface area contributed by atoms with Crippen LogP contribution in [-0.4, -0.2) is 17.1 Å². The van der Waals surface area contributed by atoms with Crippen LogP contribution < -0.4 is 4.74 Å². The molecule has 0 amide bonds. The molecule has 0 radical (unpaired) electrons. The van der Waals surface area contributed by atoms with Crippen LogP contribution in [0.25, 0.3) is 0 Å². The van der Waals surface area contributed by atoms with Gasteiger partial charge in [0.15, 0.2) is 0 Å². The predicted octanol–water partition coefficient (Wildman–Crippen LogP) is 3.81. The predicted molar refractivity (Wildman–Crippen MR) is 82.4 cm³/mol. The summed E-state index contributed by atoms with van der Waals surface area (Å²) in [5.41, 5.74) is 1.20. The summed E-state index contributed by atoms with van der Waals surface area (Å²) in [6.45, 7) is 2.04. The van der Waals surface area contributed by atoms with E-state index in [1.165, 1.54) is 10.4 Å². The number of hydrogen-bond acceptors (Lipinski definition) is 3. The van der Waals surface area contributed by atoms with E-state index in [-0.39, 0.29) is 5.25 Å². The molecule has 0 aliphatic heterocycles. The van der Waals surface area contributed by atoms with Gasteiger partial charge in [-0.3, -0.25) is 4.21 Å². The number of aryl methyl sites for hydroxylation is 1. The van der Waals surface area contributed by atoms with Crippen LogP contribution in [0.4, 0.5) is 0 Å². The Morgan fingerprint density at radius 3 is 2.58 bits per heavy atom. The van der Waals surface area contributed by atoms with Gasteiger partial charge >= 0.3 is 0 Å². The molecule has 19 heavy (non-hydrogen) atoms. The maximum Gasteiger partial charge on any atom is 0.118 e.